The predicted molar refractivity (Wildman–Crippen MR) is 141 cm³/mol. The van der Waals surface area contributed by atoms with E-state index in [1.165, 1.54) is 32.4 Å². The Balaban J connectivity index is 1.18. The highest BCUT2D eigenvalue weighted by molar-refractivity contribution is 6.30. The summed E-state index contributed by atoms with van der Waals surface area (Å²) in [4.78, 5) is 22.3. The van der Waals surface area contributed by atoms with Crippen molar-refractivity contribution in [3.63, 3.8) is 0 Å². The Bertz CT molecular complexity index is 1150. The summed E-state index contributed by atoms with van der Waals surface area (Å²) in [5, 5.41) is 8.76. The molecule has 2 aliphatic rings. The Hall–Kier alpha value is -2.64. The SMILES string of the molecule is Cc1cc(N2CCC(C(=O)NCCCN3CCCCC3)CC2)n2nc(-c3ccc(Cl)cc3)cc2n1. The lowest BCUT2D eigenvalue weighted by atomic mass is 9.96. The van der Waals surface area contributed by atoms with E-state index < -0.39 is 0 Å². The molecule has 1 amide bonds. The van der Waals surface area contributed by atoms with Crippen molar-refractivity contribution in [1.29, 1.82) is 0 Å². The largest absolute Gasteiger partial charge is 0.356 e. The van der Waals surface area contributed by atoms with Crippen molar-refractivity contribution in [3.8, 4) is 11.3 Å². The van der Waals surface area contributed by atoms with Gasteiger partial charge >= 0.3 is 0 Å². The molecule has 0 spiro atoms. The zero-order valence-electron chi connectivity index (χ0n) is 20.5. The third kappa shape index (κ3) is 5.78. The molecule has 7 nitrogen and oxygen atoms in total. The van der Waals surface area contributed by atoms with Gasteiger partial charge in [0.25, 0.3) is 0 Å². The van der Waals surface area contributed by atoms with Crippen LogP contribution in [0.5, 0.6) is 0 Å². The Kier molecular flexibility index (Phi) is 7.54. The van der Waals surface area contributed by atoms with E-state index in [4.69, 9.17) is 21.7 Å². The summed E-state index contributed by atoms with van der Waals surface area (Å²) < 4.78 is 1.93. The third-order valence-electron chi connectivity index (χ3n) is 7.27. The number of hydrogen-bond acceptors (Lipinski definition) is 5. The number of hydrogen-bond donors (Lipinski definition) is 1. The molecular weight excluding hydrogens is 460 g/mol. The van der Waals surface area contributed by atoms with Gasteiger partial charge < -0.3 is 15.1 Å². The molecule has 4 heterocycles. The second-order valence-corrected chi connectivity index (χ2v) is 10.3. The number of benzene rings is 1. The van der Waals surface area contributed by atoms with Crippen molar-refractivity contribution in [3.05, 3.63) is 47.1 Å². The van der Waals surface area contributed by atoms with Gasteiger partial charge in [-0.25, -0.2) is 4.98 Å². The molecular formula is C27H35ClN6O. The number of likely N-dealkylation sites (tertiary alicyclic amines) is 1. The smallest absolute Gasteiger partial charge is 0.223 e. The van der Waals surface area contributed by atoms with Crippen molar-refractivity contribution in [2.24, 2.45) is 5.92 Å². The minimum Gasteiger partial charge on any atom is -0.356 e. The number of carbonyl (C=O) groups is 1. The van der Waals surface area contributed by atoms with Gasteiger partial charge in [0.05, 0.1) is 5.69 Å². The Morgan fingerprint density at radius 3 is 2.54 bits per heavy atom. The van der Waals surface area contributed by atoms with Crippen molar-refractivity contribution in [2.75, 3.05) is 44.2 Å². The fraction of sp³-hybridized carbons (Fsp3) is 0.519. The molecule has 0 radical (unpaired) electrons. The van der Waals surface area contributed by atoms with E-state index >= 15 is 0 Å². The molecule has 8 heteroatoms. The van der Waals surface area contributed by atoms with Crippen LogP contribution in [0.4, 0.5) is 5.82 Å². The number of nitrogens with zero attached hydrogens (tertiary/aromatic N) is 5. The first kappa shape index (κ1) is 24.1. The molecule has 0 atom stereocenters. The predicted octanol–water partition coefficient (Wildman–Crippen LogP) is 4.57. The lowest BCUT2D eigenvalue weighted by Gasteiger charge is -2.33. The van der Waals surface area contributed by atoms with E-state index in [0.717, 1.165) is 73.9 Å². The van der Waals surface area contributed by atoms with Crippen LogP contribution in [0.3, 0.4) is 0 Å². The van der Waals surface area contributed by atoms with Gasteiger partial charge in [-0.1, -0.05) is 30.2 Å². The lowest BCUT2D eigenvalue weighted by molar-refractivity contribution is -0.125. The number of carbonyl (C=O) groups excluding carboxylic acids is 1. The highest BCUT2D eigenvalue weighted by Gasteiger charge is 2.26. The zero-order valence-corrected chi connectivity index (χ0v) is 21.3. The first-order chi connectivity index (χ1) is 17.1. The number of piperidine rings is 2. The molecule has 0 aliphatic carbocycles. The highest BCUT2D eigenvalue weighted by Crippen LogP contribution is 2.27. The normalized spacial score (nSPS) is 17.7. The van der Waals surface area contributed by atoms with Crippen LogP contribution in [0.15, 0.2) is 36.4 Å². The fourth-order valence-electron chi connectivity index (χ4n) is 5.28. The molecule has 1 N–H and O–H groups in total. The van der Waals surface area contributed by atoms with Crippen molar-refractivity contribution < 1.29 is 4.79 Å². The number of halogens is 1. The van der Waals surface area contributed by atoms with Crippen molar-refractivity contribution in [2.45, 2.75) is 45.4 Å². The van der Waals surface area contributed by atoms with Gasteiger partial charge in [-0.05, 0) is 70.8 Å². The Morgan fingerprint density at radius 2 is 1.80 bits per heavy atom. The fourth-order valence-corrected chi connectivity index (χ4v) is 5.41. The van der Waals surface area contributed by atoms with Crippen LogP contribution < -0.4 is 10.2 Å². The number of aryl methyl sites for hydroxylation is 1. The van der Waals surface area contributed by atoms with Crippen LogP contribution in [-0.4, -0.2) is 64.7 Å². The number of fused-ring (bicyclic) bond motifs is 1. The average Bonchev–Trinajstić information content (AvgIpc) is 3.31. The highest BCUT2D eigenvalue weighted by atomic mass is 35.5. The van der Waals surface area contributed by atoms with Crippen LogP contribution in [0.25, 0.3) is 16.9 Å². The minimum atomic E-state index is 0.0851. The average molecular weight is 495 g/mol. The molecule has 2 aromatic heterocycles. The molecule has 186 valence electrons. The summed E-state index contributed by atoms with van der Waals surface area (Å²) >= 11 is 6.05. The van der Waals surface area contributed by atoms with E-state index in [1.54, 1.807) is 0 Å². The molecule has 3 aromatic rings. The number of anilines is 1. The maximum Gasteiger partial charge on any atom is 0.223 e. The first-order valence-electron chi connectivity index (χ1n) is 13.0. The summed E-state index contributed by atoms with van der Waals surface area (Å²) in [7, 11) is 0. The Morgan fingerprint density at radius 1 is 1.06 bits per heavy atom. The summed E-state index contributed by atoms with van der Waals surface area (Å²) in [6, 6.07) is 11.8. The van der Waals surface area contributed by atoms with Crippen LogP contribution in [-0.2, 0) is 4.79 Å². The second kappa shape index (κ2) is 11.0. The van der Waals surface area contributed by atoms with Gasteiger partial charge in [0.1, 0.15) is 5.82 Å². The summed E-state index contributed by atoms with van der Waals surface area (Å²) in [5.41, 5.74) is 3.68. The molecule has 35 heavy (non-hydrogen) atoms. The maximum absolute atomic E-state index is 12.8. The summed E-state index contributed by atoms with van der Waals surface area (Å²) in [5.74, 6) is 1.33. The molecule has 1 aromatic carbocycles. The molecule has 0 bridgehead atoms. The van der Waals surface area contributed by atoms with Gasteiger partial charge in [0.2, 0.25) is 5.91 Å². The number of nitrogens with one attached hydrogen (secondary N) is 1. The molecule has 5 rings (SSSR count). The van der Waals surface area contributed by atoms with Gasteiger partial charge in [-0.3, -0.25) is 4.79 Å². The topological polar surface area (TPSA) is 65.8 Å². The molecule has 2 aliphatic heterocycles. The molecule has 0 saturated carbocycles. The third-order valence-corrected chi connectivity index (χ3v) is 7.52. The van der Waals surface area contributed by atoms with Crippen LogP contribution in [0, 0.1) is 12.8 Å². The van der Waals surface area contributed by atoms with E-state index in [9.17, 15) is 4.79 Å². The van der Waals surface area contributed by atoms with Crippen LogP contribution in [0.2, 0.25) is 5.02 Å². The second-order valence-electron chi connectivity index (χ2n) is 9.87. The number of amides is 1. The van der Waals surface area contributed by atoms with Gasteiger partial charge in [-0.2, -0.15) is 9.61 Å². The summed E-state index contributed by atoms with van der Waals surface area (Å²) in [6.07, 6.45) is 6.73. The first-order valence-corrected chi connectivity index (χ1v) is 13.3. The van der Waals surface area contributed by atoms with Gasteiger partial charge in [-0.15, -0.1) is 0 Å². The maximum atomic E-state index is 12.8. The van der Waals surface area contributed by atoms with E-state index in [0.29, 0.717) is 5.02 Å². The molecule has 0 unspecified atom stereocenters. The summed E-state index contributed by atoms with van der Waals surface area (Å²) in [6.45, 7) is 7.99. The van der Waals surface area contributed by atoms with E-state index in [2.05, 4.69) is 21.2 Å². The van der Waals surface area contributed by atoms with Crippen LogP contribution >= 0.6 is 11.6 Å². The van der Waals surface area contributed by atoms with E-state index in [1.807, 2.05) is 41.8 Å². The van der Waals surface area contributed by atoms with Crippen molar-refractivity contribution >= 4 is 29.0 Å². The van der Waals surface area contributed by atoms with Crippen LogP contribution in [0.1, 0.15) is 44.2 Å². The van der Waals surface area contributed by atoms with E-state index in [-0.39, 0.29) is 11.8 Å². The van der Waals surface area contributed by atoms with Gasteiger partial charge in [0, 0.05) is 54.0 Å². The van der Waals surface area contributed by atoms with Crippen molar-refractivity contribution in [1.82, 2.24) is 24.8 Å². The standard InChI is InChI=1S/C27H35ClN6O/c1-20-18-26(34-25(30-20)19-24(31-34)21-6-8-23(28)9-7-21)33-16-10-22(11-17-33)27(35)29-12-5-15-32-13-3-2-4-14-32/h6-9,18-19,22H,2-5,10-17H2,1H3,(H,29,35). The molecule has 2 fully saturated rings. The van der Waals surface area contributed by atoms with Gasteiger partial charge in [0.15, 0.2) is 5.65 Å². The minimum absolute atomic E-state index is 0.0851. The Labute approximate surface area is 212 Å². The molecule has 2 saturated heterocycles. The number of rotatable bonds is 7. The monoisotopic (exact) mass is 494 g/mol. The number of aromatic nitrogens is 3. The lowest BCUT2D eigenvalue weighted by Crippen LogP contribution is -2.42. The zero-order chi connectivity index (χ0) is 24.2. The quantitative estimate of drug-likeness (QED) is 0.487.